The molecule has 0 atom stereocenters. The number of carbonyl (C=O) groups excluding carboxylic acids is 1. The summed E-state index contributed by atoms with van der Waals surface area (Å²) in [6, 6.07) is 7.46. The van der Waals surface area contributed by atoms with Crippen molar-refractivity contribution in [3.8, 4) is 11.5 Å². The minimum absolute atomic E-state index is 0.0171. The van der Waals surface area contributed by atoms with Crippen LogP contribution in [0.4, 0.5) is 18.9 Å². The number of likely N-dealkylation sites (N-methyl/N-ethyl adjacent to an activating group) is 1. The average molecular weight is 408 g/mol. The first-order valence-electron chi connectivity index (χ1n) is 9.27. The largest absolute Gasteiger partial charge is 0.496 e. The average Bonchev–Trinajstić information content (AvgIpc) is 2.66. The number of ether oxygens (including phenoxy) is 2. The minimum atomic E-state index is -4.66. The van der Waals surface area contributed by atoms with E-state index in [4.69, 9.17) is 9.47 Å². The van der Waals surface area contributed by atoms with Gasteiger partial charge in [-0.2, -0.15) is 13.2 Å². The number of fused-ring (bicyclic) bond motifs is 1. The van der Waals surface area contributed by atoms with Gasteiger partial charge in [-0.1, -0.05) is 12.1 Å². The van der Waals surface area contributed by atoms with Crippen molar-refractivity contribution in [3.63, 3.8) is 0 Å². The maximum Gasteiger partial charge on any atom is 0.419 e. The molecule has 0 aromatic heterocycles. The summed E-state index contributed by atoms with van der Waals surface area (Å²) in [4.78, 5) is 15.0. The Labute approximate surface area is 167 Å². The van der Waals surface area contributed by atoms with Gasteiger partial charge in [-0.3, -0.25) is 4.79 Å². The number of rotatable bonds is 5. The first-order valence-corrected chi connectivity index (χ1v) is 9.27. The highest BCUT2D eigenvalue weighted by Gasteiger charge is 2.36. The summed E-state index contributed by atoms with van der Waals surface area (Å²) >= 11 is 0. The van der Waals surface area contributed by atoms with Crippen LogP contribution in [0.3, 0.4) is 0 Å². The van der Waals surface area contributed by atoms with E-state index in [1.807, 2.05) is 19.2 Å². The van der Waals surface area contributed by atoms with Gasteiger partial charge in [-0.25, -0.2) is 0 Å². The zero-order valence-corrected chi connectivity index (χ0v) is 16.5. The van der Waals surface area contributed by atoms with Gasteiger partial charge >= 0.3 is 6.18 Å². The molecule has 3 rings (SSSR count). The first-order chi connectivity index (χ1) is 13.7. The molecule has 0 spiro atoms. The molecule has 0 bridgehead atoms. The number of hydrogen-bond donors (Lipinski definition) is 1. The van der Waals surface area contributed by atoms with Crippen molar-refractivity contribution in [1.82, 2.24) is 4.90 Å². The highest BCUT2D eigenvalue weighted by atomic mass is 19.4. The molecule has 5 nitrogen and oxygen atoms in total. The number of alkyl halides is 3. The van der Waals surface area contributed by atoms with Crippen LogP contribution in [0.2, 0.25) is 0 Å². The maximum atomic E-state index is 13.5. The molecule has 2 aromatic rings. The van der Waals surface area contributed by atoms with Crippen LogP contribution in [0.1, 0.15) is 34.0 Å². The Morgan fingerprint density at radius 2 is 2.00 bits per heavy atom. The van der Waals surface area contributed by atoms with Crippen molar-refractivity contribution in [2.75, 3.05) is 32.6 Å². The van der Waals surface area contributed by atoms with Crippen molar-refractivity contribution in [2.24, 2.45) is 0 Å². The van der Waals surface area contributed by atoms with Gasteiger partial charge in [0.1, 0.15) is 11.5 Å². The molecule has 1 amide bonds. The van der Waals surface area contributed by atoms with E-state index in [0.717, 1.165) is 42.8 Å². The second-order valence-corrected chi connectivity index (χ2v) is 6.86. The quantitative estimate of drug-likeness (QED) is 0.799. The molecule has 0 saturated carbocycles. The molecule has 156 valence electrons. The monoisotopic (exact) mass is 408 g/mol. The number of halogens is 3. The summed E-state index contributed by atoms with van der Waals surface area (Å²) in [6.45, 7) is 3.24. The highest BCUT2D eigenvalue weighted by Crippen LogP contribution is 2.40. The third-order valence-corrected chi connectivity index (χ3v) is 4.86. The molecule has 2 aromatic carbocycles. The molecule has 1 heterocycles. The Kier molecular flexibility index (Phi) is 6.02. The fourth-order valence-electron chi connectivity index (χ4n) is 3.46. The molecular formula is C21H23F3N2O3. The molecule has 29 heavy (non-hydrogen) atoms. The van der Waals surface area contributed by atoms with Gasteiger partial charge in [0.15, 0.2) is 0 Å². The normalized spacial score (nSPS) is 14.3. The molecular weight excluding hydrogens is 385 g/mol. The van der Waals surface area contributed by atoms with Crippen molar-refractivity contribution < 1.29 is 27.4 Å². The van der Waals surface area contributed by atoms with Crippen LogP contribution in [-0.4, -0.2) is 38.1 Å². The van der Waals surface area contributed by atoms with Crippen LogP contribution in [0.15, 0.2) is 30.3 Å². The van der Waals surface area contributed by atoms with Gasteiger partial charge < -0.3 is 19.7 Å². The first kappa shape index (κ1) is 21.0. The number of methoxy groups -OCH3 is 1. The number of carbonyl (C=O) groups is 1. The SMILES string of the molecule is CCOc1cc(OC)c(C(=O)Nc2cccc3c2CCN(C)C3)cc1C(F)(F)F. The molecule has 8 heteroatoms. The van der Waals surface area contributed by atoms with Gasteiger partial charge in [0.2, 0.25) is 0 Å². The van der Waals surface area contributed by atoms with E-state index in [1.165, 1.54) is 7.11 Å². The molecule has 0 radical (unpaired) electrons. The molecule has 0 saturated heterocycles. The summed E-state index contributed by atoms with van der Waals surface area (Å²) < 4.78 is 50.7. The lowest BCUT2D eigenvalue weighted by Crippen LogP contribution is -2.27. The van der Waals surface area contributed by atoms with Crippen LogP contribution in [0.5, 0.6) is 11.5 Å². The Balaban J connectivity index is 1.98. The molecule has 0 unspecified atom stereocenters. The summed E-state index contributed by atoms with van der Waals surface area (Å²) in [5, 5.41) is 2.76. The molecule has 0 aliphatic carbocycles. The molecule has 1 N–H and O–H groups in total. The van der Waals surface area contributed by atoms with Crippen molar-refractivity contribution >= 4 is 11.6 Å². The fraction of sp³-hybridized carbons (Fsp3) is 0.381. The van der Waals surface area contributed by atoms with Crippen LogP contribution in [0.25, 0.3) is 0 Å². The Morgan fingerprint density at radius 1 is 1.24 bits per heavy atom. The second-order valence-electron chi connectivity index (χ2n) is 6.86. The van der Waals surface area contributed by atoms with Crippen molar-refractivity contribution in [1.29, 1.82) is 0 Å². The highest BCUT2D eigenvalue weighted by molar-refractivity contribution is 6.07. The Hall–Kier alpha value is -2.74. The molecule has 0 fully saturated rings. The minimum Gasteiger partial charge on any atom is -0.496 e. The standard InChI is InChI=1S/C21H23F3N2O3/c1-4-29-19-11-18(28-3)15(10-16(19)21(22,23)24)20(27)25-17-7-5-6-13-12-26(2)9-8-14(13)17/h5-7,10-11H,4,8-9,12H2,1-3H3,(H,25,27). The molecule has 1 aliphatic rings. The van der Waals surface area contributed by atoms with Gasteiger partial charge in [-0.05, 0) is 43.7 Å². The zero-order chi connectivity index (χ0) is 21.2. The maximum absolute atomic E-state index is 13.5. The zero-order valence-electron chi connectivity index (χ0n) is 16.5. The number of nitrogens with one attached hydrogen (secondary N) is 1. The lowest BCUT2D eigenvalue weighted by molar-refractivity contribution is -0.138. The van der Waals surface area contributed by atoms with E-state index < -0.39 is 17.6 Å². The van der Waals surface area contributed by atoms with E-state index in [-0.39, 0.29) is 23.7 Å². The number of hydrogen-bond acceptors (Lipinski definition) is 4. The number of anilines is 1. The van der Waals surface area contributed by atoms with Crippen LogP contribution in [-0.2, 0) is 19.1 Å². The van der Waals surface area contributed by atoms with Crippen molar-refractivity contribution in [3.05, 3.63) is 52.6 Å². The lowest BCUT2D eigenvalue weighted by Gasteiger charge is -2.27. The fourth-order valence-corrected chi connectivity index (χ4v) is 3.46. The third-order valence-electron chi connectivity index (χ3n) is 4.86. The van der Waals surface area contributed by atoms with E-state index in [1.54, 1.807) is 13.0 Å². The van der Waals surface area contributed by atoms with Crippen LogP contribution in [0, 0.1) is 0 Å². The Morgan fingerprint density at radius 3 is 2.66 bits per heavy atom. The number of nitrogens with zero attached hydrogens (tertiary/aromatic N) is 1. The van der Waals surface area contributed by atoms with E-state index in [9.17, 15) is 18.0 Å². The topological polar surface area (TPSA) is 50.8 Å². The summed E-state index contributed by atoms with van der Waals surface area (Å²) in [7, 11) is 3.31. The van der Waals surface area contributed by atoms with E-state index in [2.05, 4.69) is 10.2 Å². The summed E-state index contributed by atoms with van der Waals surface area (Å²) in [6.07, 6.45) is -3.92. The van der Waals surface area contributed by atoms with Crippen molar-refractivity contribution in [2.45, 2.75) is 26.1 Å². The van der Waals surface area contributed by atoms with Gasteiger partial charge in [0.25, 0.3) is 5.91 Å². The predicted molar refractivity (Wildman–Crippen MR) is 104 cm³/mol. The third kappa shape index (κ3) is 4.48. The number of amides is 1. The van der Waals surface area contributed by atoms with Crippen LogP contribution < -0.4 is 14.8 Å². The van der Waals surface area contributed by atoms with Gasteiger partial charge in [0, 0.05) is 24.8 Å². The van der Waals surface area contributed by atoms with E-state index >= 15 is 0 Å². The lowest BCUT2D eigenvalue weighted by atomic mass is 9.98. The number of benzene rings is 2. The Bertz CT molecular complexity index is 913. The molecule has 1 aliphatic heterocycles. The second kappa shape index (κ2) is 8.32. The summed E-state index contributed by atoms with van der Waals surface area (Å²) in [5.41, 5.74) is 1.48. The van der Waals surface area contributed by atoms with Crippen LogP contribution >= 0.6 is 0 Å². The van der Waals surface area contributed by atoms with Gasteiger partial charge in [-0.15, -0.1) is 0 Å². The predicted octanol–water partition coefficient (Wildman–Crippen LogP) is 4.35. The smallest absolute Gasteiger partial charge is 0.419 e. The summed E-state index contributed by atoms with van der Waals surface area (Å²) in [5.74, 6) is -1.01. The van der Waals surface area contributed by atoms with Gasteiger partial charge in [0.05, 0.1) is 24.8 Å². The van der Waals surface area contributed by atoms with E-state index in [0.29, 0.717) is 5.69 Å².